The van der Waals surface area contributed by atoms with Gasteiger partial charge in [-0.1, -0.05) is 17.7 Å². The third kappa shape index (κ3) is 3.09. The molecule has 0 amide bonds. The third-order valence-corrected chi connectivity index (χ3v) is 2.93. The summed E-state index contributed by atoms with van der Waals surface area (Å²) in [7, 11) is 0. The lowest BCUT2D eigenvalue weighted by atomic mass is 10.2. The molecule has 0 atom stereocenters. The molecule has 0 unspecified atom stereocenters. The molecule has 2 rings (SSSR count). The number of rotatable bonds is 3. The van der Waals surface area contributed by atoms with Crippen molar-refractivity contribution in [1.29, 1.82) is 5.26 Å². The fourth-order valence-electron chi connectivity index (χ4n) is 1.60. The van der Waals surface area contributed by atoms with E-state index in [1.807, 2.05) is 6.07 Å². The summed E-state index contributed by atoms with van der Waals surface area (Å²) in [6, 6.07) is 11.6. The summed E-state index contributed by atoms with van der Waals surface area (Å²) in [4.78, 5) is 0. The van der Waals surface area contributed by atoms with Gasteiger partial charge < -0.3 is 15.5 Å². The second-order valence-corrected chi connectivity index (χ2v) is 4.39. The topological polar surface area (TPSA) is 76.3 Å². The maximum absolute atomic E-state index is 9.38. The zero-order chi connectivity index (χ0) is 13.8. The zero-order valence-corrected chi connectivity index (χ0v) is 10.6. The minimum absolute atomic E-state index is 0.153. The lowest BCUT2D eigenvalue weighted by molar-refractivity contribution is 0.403. The average Bonchev–Trinajstić information content (AvgIpc) is 2.41. The second-order valence-electron chi connectivity index (χ2n) is 3.98. The summed E-state index contributed by atoms with van der Waals surface area (Å²) in [6.07, 6.45) is 0. The van der Waals surface area contributed by atoms with Gasteiger partial charge in [-0.15, -0.1) is 0 Å². The first kappa shape index (κ1) is 13.1. The van der Waals surface area contributed by atoms with Crippen LogP contribution in [0, 0.1) is 11.3 Å². The Labute approximate surface area is 115 Å². The molecule has 0 saturated carbocycles. The molecule has 19 heavy (non-hydrogen) atoms. The van der Waals surface area contributed by atoms with E-state index in [0.29, 0.717) is 22.8 Å². The van der Waals surface area contributed by atoms with E-state index in [-0.39, 0.29) is 11.5 Å². The van der Waals surface area contributed by atoms with Crippen LogP contribution in [-0.4, -0.2) is 10.2 Å². The molecule has 4 nitrogen and oxygen atoms in total. The fourth-order valence-corrected chi connectivity index (χ4v) is 1.85. The molecule has 2 aromatic rings. The van der Waals surface area contributed by atoms with Crippen molar-refractivity contribution in [1.82, 2.24) is 0 Å². The Hall–Kier alpha value is -2.38. The molecule has 0 spiro atoms. The second kappa shape index (κ2) is 5.51. The number of benzene rings is 2. The van der Waals surface area contributed by atoms with Gasteiger partial charge in [0.1, 0.15) is 0 Å². The largest absolute Gasteiger partial charge is 0.504 e. The highest BCUT2D eigenvalue weighted by Gasteiger charge is 2.03. The van der Waals surface area contributed by atoms with Crippen LogP contribution < -0.4 is 5.32 Å². The first-order chi connectivity index (χ1) is 9.10. The van der Waals surface area contributed by atoms with E-state index in [0.717, 1.165) is 5.56 Å². The summed E-state index contributed by atoms with van der Waals surface area (Å²) in [6.45, 7) is 0.444. The van der Waals surface area contributed by atoms with Gasteiger partial charge >= 0.3 is 0 Å². The standard InChI is InChI=1S/C14H11ClN2O2/c15-11-5-9(7-16)1-3-12(11)17-8-10-2-4-13(18)14(19)6-10/h1-6,17-19H,8H2. The van der Waals surface area contributed by atoms with Crippen LogP contribution in [0.2, 0.25) is 5.02 Å². The van der Waals surface area contributed by atoms with Gasteiger partial charge in [0.25, 0.3) is 0 Å². The Kier molecular flexibility index (Phi) is 3.79. The van der Waals surface area contributed by atoms with E-state index >= 15 is 0 Å². The fraction of sp³-hybridized carbons (Fsp3) is 0.0714. The highest BCUT2D eigenvalue weighted by molar-refractivity contribution is 6.33. The molecule has 0 aliphatic rings. The van der Waals surface area contributed by atoms with Gasteiger partial charge in [-0.25, -0.2) is 0 Å². The van der Waals surface area contributed by atoms with E-state index in [9.17, 15) is 10.2 Å². The van der Waals surface area contributed by atoms with Crippen molar-refractivity contribution in [2.24, 2.45) is 0 Å². The number of hydrogen-bond acceptors (Lipinski definition) is 4. The molecule has 0 bridgehead atoms. The SMILES string of the molecule is N#Cc1ccc(NCc2ccc(O)c(O)c2)c(Cl)c1. The minimum atomic E-state index is -0.162. The number of anilines is 1. The van der Waals surface area contributed by atoms with Crippen molar-refractivity contribution in [3.05, 3.63) is 52.5 Å². The molecule has 0 aliphatic heterocycles. The number of nitrogens with one attached hydrogen (secondary N) is 1. The molecule has 96 valence electrons. The minimum Gasteiger partial charge on any atom is -0.504 e. The van der Waals surface area contributed by atoms with Gasteiger partial charge in [-0.3, -0.25) is 0 Å². The van der Waals surface area contributed by atoms with E-state index in [1.165, 1.54) is 12.1 Å². The van der Waals surface area contributed by atoms with Crippen LogP contribution in [0.15, 0.2) is 36.4 Å². The van der Waals surface area contributed by atoms with Crippen molar-refractivity contribution < 1.29 is 10.2 Å². The molecule has 2 aromatic carbocycles. The van der Waals surface area contributed by atoms with Crippen LogP contribution in [0.3, 0.4) is 0 Å². The van der Waals surface area contributed by atoms with Crippen LogP contribution in [0.5, 0.6) is 11.5 Å². The molecule has 0 aromatic heterocycles. The first-order valence-corrected chi connectivity index (χ1v) is 5.92. The Morgan fingerprint density at radius 3 is 2.53 bits per heavy atom. The van der Waals surface area contributed by atoms with Crippen molar-refractivity contribution >= 4 is 17.3 Å². The molecular formula is C14H11ClN2O2. The number of halogens is 1. The predicted molar refractivity (Wildman–Crippen MR) is 73.3 cm³/mol. The summed E-state index contributed by atoms with van der Waals surface area (Å²) in [5.74, 6) is -0.314. The summed E-state index contributed by atoms with van der Waals surface area (Å²) < 4.78 is 0. The quantitative estimate of drug-likeness (QED) is 0.751. The molecule has 5 heteroatoms. The van der Waals surface area contributed by atoms with Gasteiger partial charge in [-0.05, 0) is 35.9 Å². The highest BCUT2D eigenvalue weighted by Crippen LogP contribution is 2.27. The number of phenols is 2. The summed E-state index contributed by atoms with van der Waals surface area (Å²) in [5, 5.41) is 30.9. The number of nitriles is 1. The van der Waals surface area contributed by atoms with Crippen LogP contribution >= 0.6 is 11.6 Å². The number of aromatic hydroxyl groups is 2. The van der Waals surface area contributed by atoms with Crippen LogP contribution in [-0.2, 0) is 6.54 Å². The molecular weight excluding hydrogens is 264 g/mol. The van der Waals surface area contributed by atoms with Gasteiger partial charge in [0.15, 0.2) is 11.5 Å². The number of phenolic OH excluding ortho intramolecular Hbond substituents is 2. The Morgan fingerprint density at radius 1 is 1.11 bits per heavy atom. The Balaban J connectivity index is 2.10. The van der Waals surface area contributed by atoms with E-state index in [4.69, 9.17) is 16.9 Å². The van der Waals surface area contributed by atoms with Crippen LogP contribution in [0.1, 0.15) is 11.1 Å². The average molecular weight is 275 g/mol. The highest BCUT2D eigenvalue weighted by atomic mass is 35.5. The van der Waals surface area contributed by atoms with Crippen molar-refractivity contribution in [2.75, 3.05) is 5.32 Å². The third-order valence-electron chi connectivity index (χ3n) is 2.62. The molecule has 0 fully saturated rings. The smallest absolute Gasteiger partial charge is 0.157 e. The monoisotopic (exact) mass is 274 g/mol. The van der Waals surface area contributed by atoms with Crippen LogP contribution in [0.25, 0.3) is 0 Å². The zero-order valence-electron chi connectivity index (χ0n) is 9.89. The summed E-state index contributed by atoms with van der Waals surface area (Å²) in [5.41, 5.74) is 2.00. The Morgan fingerprint density at radius 2 is 1.89 bits per heavy atom. The van der Waals surface area contributed by atoms with E-state index in [1.54, 1.807) is 24.3 Å². The lowest BCUT2D eigenvalue weighted by Crippen LogP contribution is -1.99. The van der Waals surface area contributed by atoms with E-state index in [2.05, 4.69) is 5.32 Å². The van der Waals surface area contributed by atoms with Gasteiger partial charge in [0.2, 0.25) is 0 Å². The summed E-state index contributed by atoms with van der Waals surface area (Å²) >= 11 is 6.03. The molecule has 3 N–H and O–H groups in total. The van der Waals surface area contributed by atoms with Crippen molar-refractivity contribution in [3.63, 3.8) is 0 Å². The normalized spacial score (nSPS) is 9.89. The Bertz CT molecular complexity index is 650. The molecule has 0 heterocycles. The lowest BCUT2D eigenvalue weighted by Gasteiger charge is -2.09. The number of hydrogen-bond donors (Lipinski definition) is 3. The van der Waals surface area contributed by atoms with Crippen LogP contribution in [0.4, 0.5) is 5.69 Å². The van der Waals surface area contributed by atoms with Gasteiger partial charge in [-0.2, -0.15) is 5.26 Å². The van der Waals surface area contributed by atoms with E-state index < -0.39 is 0 Å². The van der Waals surface area contributed by atoms with Gasteiger partial charge in [0, 0.05) is 6.54 Å². The van der Waals surface area contributed by atoms with Crippen molar-refractivity contribution in [3.8, 4) is 17.6 Å². The molecule has 0 saturated heterocycles. The maximum atomic E-state index is 9.38. The molecule has 0 aliphatic carbocycles. The number of nitrogens with zero attached hydrogens (tertiary/aromatic N) is 1. The van der Waals surface area contributed by atoms with Gasteiger partial charge in [0.05, 0.1) is 22.3 Å². The van der Waals surface area contributed by atoms with Crippen molar-refractivity contribution in [2.45, 2.75) is 6.54 Å². The predicted octanol–water partition coefficient (Wildman–Crippen LogP) is 3.23. The maximum Gasteiger partial charge on any atom is 0.157 e. The first-order valence-electron chi connectivity index (χ1n) is 5.54. The molecule has 0 radical (unpaired) electrons.